The van der Waals surface area contributed by atoms with E-state index in [4.69, 9.17) is 5.73 Å². The summed E-state index contributed by atoms with van der Waals surface area (Å²) in [6.07, 6.45) is 0. The molecule has 0 saturated carbocycles. The van der Waals surface area contributed by atoms with Gasteiger partial charge in [0.05, 0.1) is 6.04 Å². The molecule has 3 heteroatoms. The van der Waals surface area contributed by atoms with Crippen molar-refractivity contribution in [2.75, 3.05) is 6.54 Å². The lowest BCUT2D eigenvalue weighted by Crippen LogP contribution is -2.33. The lowest BCUT2D eigenvalue weighted by Gasteiger charge is -2.17. The zero-order valence-corrected chi connectivity index (χ0v) is 11.0. The third kappa shape index (κ3) is 3.42. The van der Waals surface area contributed by atoms with Crippen LogP contribution in [0.4, 0.5) is 0 Å². The van der Waals surface area contributed by atoms with Crippen LogP contribution in [0.25, 0.3) is 0 Å². The first-order chi connectivity index (χ1) is 9.20. The van der Waals surface area contributed by atoms with Crippen LogP contribution in [0.1, 0.15) is 27.5 Å². The zero-order chi connectivity index (χ0) is 13.7. The lowest BCUT2D eigenvalue weighted by molar-refractivity contribution is 0.0938. The second-order valence-corrected chi connectivity index (χ2v) is 4.54. The van der Waals surface area contributed by atoms with Crippen LogP contribution >= 0.6 is 0 Å². The Morgan fingerprint density at radius 3 is 2.32 bits per heavy atom. The van der Waals surface area contributed by atoms with E-state index in [1.807, 2.05) is 61.5 Å². The number of aryl methyl sites for hydroxylation is 1. The maximum absolute atomic E-state index is 12.1. The number of benzene rings is 2. The maximum atomic E-state index is 12.1. The Hall–Kier alpha value is -2.13. The standard InChI is InChI=1S/C16H18N2O/c1-12-7-9-14(10-8-12)16(19)18-15(11-17)13-5-3-2-4-6-13/h2-10,15H,11,17H2,1H3,(H,18,19). The second-order valence-electron chi connectivity index (χ2n) is 4.54. The molecule has 0 fully saturated rings. The fourth-order valence-corrected chi connectivity index (χ4v) is 1.91. The van der Waals surface area contributed by atoms with Crippen LogP contribution in [0.5, 0.6) is 0 Å². The van der Waals surface area contributed by atoms with Gasteiger partial charge in [0.1, 0.15) is 0 Å². The minimum absolute atomic E-state index is 0.0979. The predicted octanol–water partition coefficient (Wildman–Crippen LogP) is 2.42. The third-order valence-electron chi connectivity index (χ3n) is 3.06. The van der Waals surface area contributed by atoms with Crippen LogP contribution in [0, 0.1) is 6.92 Å². The minimum atomic E-state index is -0.157. The molecule has 0 heterocycles. The smallest absolute Gasteiger partial charge is 0.251 e. The van der Waals surface area contributed by atoms with Crippen molar-refractivity contribution in [3.05, 3.63) is 71.3 Å². The van der Waals surface area contributed by atoms with Gasteiger partial charge in [-0.15, -0.1) is 0 Å². The molecule has 3 N–H and O–H groups in total. The Balaban J connectivity index is 2.10. The molecule has 0 aliphatic rings. The summed E-state index contributed by atoms with van der Waals surface area (Å²) in [6.45, 7) is 2.37. The lowest BCUT2D eigenvalue weighted by atomic mass is 10.1. The van der Waals surface area contributed by atoms with Gasteiger partial charge in [0.2, 0.25) is 0 Å². The third-order valence-corrected chi connectivity index (χ3v) is 3.06. The summed E-state index contributed by atoms with van der Waals surface area (Å²) in [6, 6.07) is 17.1. The summed E-state index contributed by atoms with van der Waals surface area (Å²) in [5.41, 5.74) is 8.55. The van der Waals surface area contributed by atoms with Crippen molar-refractivity contribution in [1.29, 1.82) is 0 Å². The van der Waals surface area contributed by atoms with Gasteiger partial charge >= 0.3 is 0 Å². The Kier molecular flexibility index (Phi) is 4.31. The summed E-state index contributed by atoms with van der Waals surface area (Å²) < 4.78 is 0. The van der Waals surface area contributed by atoms with E-state index in [1.165, 1.54) is 0 Å². The highest BCUT2D eigenvalue weighted by Crippen LogP contribution is 2.12. The molecule has 0 bridgehead atoms. The molecule has 0 aliphatic heterocycles. The van der Waals surface area contributed by atoms with E-state index in [-0.39, 0.29) is 11.9 Å². The highest BCUT2D eigenvalue weighted by Gasteiger charge is 2.13. The SMILES string of the molecule is Cc1ccc(C(=O)NC(CN)c2ccccc2)cc1. The average molecular weight is 254 g/mol. The number of hydrogen-bond donors (Lipinski definition) is 2. The molecular weight excluding hydrogens is 236 g/mol. The molecule has 0 saturated heterocycles. The van der Waals surface area contributed by atoms with E-state index in [0.717, 1.165) is 11.1 Å². The molecule has 1 unspecified atom stereocenters. The van der Waals surface area contributed by atoms with Gasteiger partial charge in [0.15, 0.2) is 0 Å². The molecule has 0 spiro atoms. The van der Waals surface area contributed by atoms with Crippen molar-refractivity contribution < 1.29 is 4.79 Å². The highest BCUT2D eigenvalue weighted by atomic mass is 16.1. The van der Waals surface area contributed by atoms with Crippen molar-refractivity contribution in [3.63, 3.8) is 0 Å². The van der Waals surface area contributed by atoms with Crippen molar-refractivity contribution in [2.45, 2.75) is 13.0 Å². The first-order valence-corrected chi connectivity index (χ1v) is 6.33. The zero-order valence-electron chi connectivity index (χ0n) is 11.0. The summed E-state index contributed by atoms with van der Waals surface area (Å²) in [5, 5.41) is 2.95. The molecule has 0 radical (unpaired) electrons. The number of nitrogens with two attached hydrogens (primary N) is 1. The average Bonchev–Trinajstić information content (AvgIpc) is 2.46. The normalized spacial score (nSPS) is 11.9. The van der Waals surface area contributed by atoms with Gasteiger partial charge in [0.25, 0.3) is 5.91 Å². The van der Waals surface area contributed by atoms with E-state index in [0.29, 0.717) is 12.1 Å². The van der Waals surface area contributed by atoms with Gasteiger partial charge in [-0.25, -0.2) is 0 Å². The van der Waals surface area contributed by atoms with Gasteiger partial charge in [-0.2, -0.15) is 0 Å². The van der Waals surface area contributed by atoms with Crippen LogP contribution in [0.15, 0.2) is 54.6 Å². The Labute approximate surface area is 113 Å². The fraction of sp³-hybridized carbons (Fsp3) is 0.188. The summed E-state index contributed by atoms with van der Waals surface area (Å²) in [4.78, 5) is 12.1. The monoisotopic (exact) mass is 254 g/mol. The molecule has 19 heavy (non-hydrogen) atoms. The molecule has 2 aromatic rings. The molecule has 98 valence electrons. The van der Waals surface area contributed by atoms with E-state index < -0.39 is 0 Å². The molecule has 2 aromatic carbocycles. The molecule has 3 nitrogen and oxygen atoms in total. The van der Waals surface area contributed by atoms with Crippen LogP contribution < -0.4 is 11.1 Å². The molecule has 1 amide bonds. The number of carbonyl (C=O) groups is 1. The molecule has 1 atom stereocenters. The predicted molar refractivity (Wildman–Crippen MR) is 76.9 cm³/mol. The molecule has 2 rings (SSSR count). The minimum Gasteiger partial charge on any atom is -0.344 e. The molecule has 0 aromatic heterocycles. The van der Waals surface area contributed by atoms with Gasteiger partial charge in [-0.1, -0.05) is 48.0 Å². The van der Waals surface area contributed by atoms with E-state index >= 15 is 0 Å². The van der Waals surface area contributed by atoms with E-state index in [9.17, 15) is 4.79 Å². The highest BCUT2D eigenvalue weighted by molar-refractivity contribution is 5.94. The number of amides is 1. The van der Waals surface area contributed by atoms with Crippen LogP contribution in [-0.2, 0) is 0 Å². The van der Waals surface area contributed by atoms with E-state index in [2.05, 4.69) is 5.32 Å². The van der Waals surface area contributed by atoms with Gasteiger partial charge in [0, 0.05) is 12.1 Å². The molecular formula is C16H18N2O. The number of nitrogens with one attached hydrogen (secondary N) is 1. The van der Waals surface area contributed by atoms with Gasteiger partial charge in [-0.3, -0.25) is 4.79 Å². The van der Waals surface area contributed by atoms with Crippen molar-refractivity contribution in [1.82, 2.24) is 5.32 Å². The van der Waals surface area contributed by atoms with Crippen molar-refractivity contribution in [2.24, 2.45) is 5.73 Å². The Morgan fingerprint density at radius 2 is 1.74 bits per heavy atom. The molecule has 0 aliphatic carbocycles. The van der Waals surface area contributed by atoms with Crippen LogP contribution in [0.2, 0.25) is 0 Å². The number of carbonyl (C=O) groups excluding carboxylic acids is 1. The van der Waals surface area contributed by atoms with Gasteiger partial charge in [-0.05, 0) is 24.6 Å². The first-order valence-electron chi connectivity index (χ1n) is 6.33. The summed E-state index contributed by atoms with van der Waals surface area (Å²) >= 11 is 0. The first kappa shape index (κ1) is 13.3. The summed E-state index contributed by atoms with van der Waals surface area (Å²) in [7, 11) is 0. The Bertz CT molecular complexity index is 534. The Morgan fingerprint density at radius 1 is 1.11 bits per heavy atom. The largest absolute Gasteiger partial charge is 0.344 e. The maximum Gasteiger partial charge on any atom is 0.251 e. The second kappa shape index (κ2) is 6.16. The van der Waals surface area contributed by atoms with Crippen molar-refractivity contribution in [3.8, 4) is 0 Å². The quantitative estimate of drug-likeness (QED) is 0.880. The van der Waals surface area contributed by atoms with E-state index in [1.54, 1.807) is 0 Å². The van der Waals surface area contributed by atoms with Crippen LogP contribution in [0.3, 0.4) is 0 Å². The number of hydrogen-bond acceptors (Lipinski definition) is 2. The topological polar surface area (TPSA) is 55.1 Å². The summed E-state index contributed by atoms with van der Waals surface area (Å²) in [5.74, 6) is -0.0979. The van der Waals surface area contributed by atoms with Crippen LogP contribution in [-0.4, -0.2) is 12.5 Å². The van der Waals surface area contributed by atoms with Crippen molar-refractivity contribution >= 4 is 5.91 Å². The van der Waals surface area contributed by atoms with Gasteiger partial charge < -0.3 is 11.1 Å². The fourth-order valence-electron chi connectivity index (χ4n) is 1.91. The number of rotatable bonds is 4.